The van der Waals surface area contributed by atoms with Gasteiger partial charge in [0, 0.05) is 15.5 Å². The van der Waals surface area contributed by atoms with Gasteiger partial charge in [0.05, 0.1) is 17.7 Å². The Bertz CT molecular complexity index is 905. The molecule has 5 nitrogen and oxygen atoms in total. The SMILES string of the molecule is [C-]#[N+]C1C(C(C)(C)C)=Nc2[nH]ncc2C1c1cccc(C#N)c1Br. The molecule has 120 valence electrons. The highest BCUT2D eigenvalue weighted by atomic mass is 79.9. The second kappa shape index (κ2) is 5.89. The molecule has 1 aromatic carbocycles. The summed E-state index contributed by atoms with van der Waals surface area (Å²) in [7, 11) is 0. The highest BCUT2D eigenvalue weighted by Crippen LogP contribution is 2.45. The number of aliphatic imine (C=N–C) groups is 1. The summed E-state index contributed by atoms with van der Waals surface area (Å²) in [6, 6.07) is 7.32. The normalized spacial score (nSPS) is 19.8. The van der Waals surface area contributed by atoms with Gasteiger partial charge < -0.3 is 4.85 Å². The summed E-state index contributed by atoms with van der Waals surface area (Å²) in [5.74, 6) is 0.477. The van der Waals surface area contributed by atoms with Gasteiger partial charge in [0.1, 0.15) is 11.8 Å². The van der Waals surface area contributed by atoms with Gasteiger partial charge in [-0.1, -0.05) is 32.9 Å². The summed E-state index contributed by atoms with van der Waals surface area (Å²) < 4.78 is 0.730. The fourth-order valence-electron chi connectivity index (χ4n) is 3.08. The number of hydrogen-bond donors (Lipinski definition) is 1. The molecule has 2 heterocycles. The van der Waals surface area contributed by atoms with Crippen LogP contribution >= 0.6 is 15.9 Å². The second-order valence-corrected chi connectivity index (χ2v) is 7.59. The lowest BCUT2D eigenvalue weighted by Crippen LogP contribution is -2.37. The summed E-state index contributed by atoms with van der Waals surface area (Å²) in [5, 5.41) is 16.4. The fraction of sp³-hybridized carbons (Fsp3) is 0.333. The zero-order chi connectivity index (χ0) is 17.5. The average molecular weight is 382 g/mol. The van der Waals surface area contributed by atoms with Gasteiger partial charge in [-0.2, -0.15) is 10.4 Å². The Kier molecular flexibility index (Phi) is 4.03. The second-order valence-electron chi connectivity index (χ2n) is 6.79. The van der Waals surface area contributed by atoms with Gasteiger partial charge in [-0.3, -0.25) is 5.10 Å². The average Bonchev–Trinajstić information content (AvgIpc) is 3.01. The molecule has 1 aliphatic heterocycles. The van der Waals surface area contributed by atoms with Crippen molar-refractivity contribution in [1.29, 1.82) is 5.26 Å². The number of H-pyrrole nitrogens is 1. The Hall–Kier alpha value is -2.44. The van der Waals surface area contributed by atoms with Crippen LogP contribution in [0, 0.1) is 23.3 Å². The quantitative estimate of drug-likeness (QED) is 0.733. The minimum absolute atomic E-state index is 0.217. The van der Waals surface area contributed by atoms with Crippen LogP contribution in [0.2, 0.25) is 0 Å². The molecule has 2 unspecified atom stereocenters. The minimum Gasteiger partial charge on any atom is -0.306 e. The first-order valence-corrected chi connectivity index (χ1v) is 8.35. The van der Waals surface area contributed by atoms with Crippen molar-refractivity contribution in [2.24, 2.45) is 10.4 Å². The highest BCUT2D eigenvalue weighted by Gasteiger charge is 2.45. The van der Waals surface area contributed by atoms with Gasteiger partial charge in [-0.15, -0.1) is 0 Å². The molecule has 0 amide bonds. The number of rotatable bonds is 1. The maximum Gasteiger partial charge on any atom is 0.273 e. The van der Waals surface area contributed by atoms with Gasteiger partial charge in [0.25, 0.3) is 6.04 Å². The van der Waals surface area contributed by atoms with Crippen LogP contribution in [0.5, 0.6) is 0 Å². The molecule has 0 radical (unpaired) electrons. The van der Waals surface area contributed by atoms with Crippen LogP contribution in [-0.4, -0.2) is 22.0 Å². The van der Waals surface area contributed by atoms with Gasteiger partial charge in [0.15, 0.2) is 5.82 Å². The molecule has 2 atom stereocenters. The predicted molar refractivity (Wildman–Crippen MR) is 96.2 cm³/mol. The van der Waals surface area contributed by atoms with Crippen molar-refractivity contribution >= 4 is 27.5 Å². The van der Waals surface area contributed by atoms with Gasteiger partial charge in [0.2, 0.25) is 0 Å². The van der Waals surface area contributed by atoms with Crippen LogP contribution in [0.25, 0.3) is 4.85 Å². The van der Waals surface area contributed by atoms with Crippen molar-refractivity contribution in [2.45, 2.75) is 32.7 Å². The van der Waals surface area contributed by atoms with E-state index in [1.807, 2.05) is 12.1 Å². The number of nitrogens with one attached hydrogen (secondary N) is 1. The number of halogens is 1. The molecule has 0 fully saturated rings. The van der Waals surface area contributed by atoms with E-state index in [0.717, 1.165) is 21.3 Å². The molecule has 3 rings (SSSR count). The lowest BCUT2D eigenvalue weighted by molar-refractivity contribution is 0.559. The highest BCUT2D eigenvalue weighted by molar-refractivity contribution is 9.10. The molecule has 1 N–H and O–H groups in total. The van der Waals surface area contributed by atoms with E-state index in [2.05, 4.69) is 62.8 Å². The van der Waals surface area contributed by atoms with E-state index in [1.54, 1.807) is 12.3 Å². The third kappa shape index (κ3) is 2.53. The van der Waals surface area contributed by atoms with E-state index in [4.69, 9.17) is 6.57 Å². The maximum absolute atomic E-state index is 9.32. The van der Waals surface area contributed by atoms with Crippen molar-refractivity contribution in [3.8, 4) is 6.07 Å². The van der Waals surface area contributed by atoms with E-state index in [0.29, 0.717) is 11.4 Å². The first-order chi connectivity index (χ1) is 11.4. The minimum atomic E-state index is -0.430. The van der Waals surface area contributed by atoms with Crippen molar-refractivity contribution in [2.75, 3.05) is 0 Å². The van der Waals surface area contributed by atoms with Crippen LogP contribution in [0.3, 0.4) is 0 Å². The Morgan fingerprint density at radius 3 is 2.71 bits per heavy atom. The predicted octanol–water partition coefficient (Wildman–Crippen LogP) is 4.60. The first-order valence-electron chi connectivity index (χ1n) is 7.56. The van der Waals surface area contributed by atoms with Gasteiger partial charge >= 0.3 is 0 Å². The Balaban J connectivity index is 2.27. The number of nitriles is 1. The van der Waals surface area contributed by atoms with Crippen molar-refractivity contribution in [3.63, 3.8) is 0 Å². The van der Waals surface area contributed by atoms with Gasteiger partial charge in [-0.25, -0.2) is 11.6 Å². The van der Waals surface area contributed by atoms with Crippen LogP contribution in [0.15, 0.2) is 33.9 Å². The topological polar surface area (TPSA) is 69.2 Å². The number of hydrogen-bond acceptors (Lipinski definition) is 3. The molecule has 6 heteroatoms. The molecule has 0 saturated heterocycles. The molecular weight excluding hydrogens is 366 g/mol. The van der Waals surface area contributed by atoms with E-state index < -0.39 is 6.04 Å². The van der Waals surface area contributed by atoms with Crippen molar-refractivity contribution < 1.29 is 0 Å². The van der Waals surface area contributed by atoms with E-state index in [-0.39, 0.29) is 11.3 Å². The first kappa shape index (κ1) is 16.4. The summed E-state index contributed by atoms with van der Waals surface area (Å²) in [6.07, 6.45) is 1.73. The molecule has 0 saturated carbocycles. The summed E-state index contributed by atoms with van der Waals surface area (Å²) in [4.78, 5) is 8.58. The molecule has 0 spiro atoms. The zero-order valence-corrected chi connectivity index (χ0v) is 15.2. The largest absolute Gasteiger partial charge is 0.306 e. The van der Waals surface area contributed by atoms with Crippen molar-refractivity contribution in [1.82, 2.24) is 10.2 Å². The number of benzene rings is 1. The van der Waals surface area contributed by atoms with Crippen LogP contribution in [-0.2, 0) is 0 Å². The third-order valence-corrected chi connectivity index (χ3v) is 5.09. The van der Waals surface area contributed by atoms with Crippen molar-refractivity contribution in [3.05, 3.63) is 57.0 Å². The molecule has 2 aromatic rings. The van der Waals surface area contributed by atoms with E-state index >= 15 is 0 Å². The molecule has 0 aliphatic carbocycles. The summed E-state index contributed by atoms with van der Waals surface area (Å²) in [6.45, 7) is 14.0. The smallest absolute Gasteiger partial charge is 0.273 e. The lowest BCUT2D eigenvalue weighted by atomic mass is 9.74. The third-order valence-electron chi connectivity index (χ3n) is 4.20. The lowest BCUT2D eigenvalue weighted by Gasteiger charge is -2.30. The number of nitrogens with zero attached hydrogens (tertiary/aromatic N) is 4. The van der Waals surface area contributed by atoms with Crippen LogP contribution < -0.4 is 0 Å². The van der Waals surface area contributed by atoms with Crippen LogP contribution in [0.4, 0.5) is 5.82 Å². The molecule has 0 bridgehead atoms. The maximum atomic E-state index is 9.32. The molecule has 1 aliphatic rings. The van der Waals surface area contributed by atoms with E-state index in [9.17, 15) is 5.26 Å². The van der Waals surface area contributed by atoms with Gasteiger partial charge in [-0.05, 0) is 27.6 Å². The standard InChI is InChI=1S/C18H16BrN5/c1-18(2,3)16-15(21-4)13(12-9-22-24-17(12)23-16)11-7-5-6-10(8-20)14(11)19/h5-7,9,13,15H,1-3H3,(H,22,24). The molecule has 24 heavy (non-hydrogen) atoms. The monoisotopic (exact) mass is 381 g/mol. The van der Waals surface area contributed by atoms with E-state index in [1.165, 1.54) is 0 Å². The number of aromatic amines is 1. The summed E-state index contributed by atoms with van der Waals surface area (Å²) >= 11 is 3.55. The van der Waals surface area contributed by atoms with Crippen LogP contribution in [0.1, 0.15) is 43.4 Å². The fourth-order valence-corrected chi connectivity index (χ4v) is 3.68. The summed E-state index contributed by atoms with van der Waals surface area (Å²) in [5.41, 5.74) is 2.94. The Morgan fingerprint density at radius 2 is 2.08 bits per heavy atom. The molecule has 1 aromatic heterocycles. The zero-order valence-electron chi connectivity index (χ0n) is 13.6. The number of fused-ring (bicyclic) bond motifs is 1. The number of aromatic nitrogens is 2. The Morgan fingerprint density at radius 1 is 1.33 bits per heavy atom. The Labute approximate surface area is 149 Å². The molecular formula is C18H16BrN5.